The standard InChI is InChI=1S/C20H20BrFN4O4/c1-2-25-16(9-3-12-4-10-17(27)15(22)11-12)18(28)26(20(25)30)24-19(29)23-14-7-5-13(21)6-8-14/h4-8,10-11,16,27H,2-3,9H2,1H3,(H2,23,24,29). The Balaban J connectivity index is 1.65. The number of urea groups is 2. The molecular formula is C20H20BrFN4O4. The smallest absolute Gasteiger partial charge is 0.346 e. The predicted octanol–water partition coefficient (Wildman–Crippen LogP) is 3.62. The number of imide groups is 1. The topological polar surface area (TPSA) is 102 Å². The molecule has 158 valence electrons. The van der Waals surface area contributed by atoms with Crippen molar-refractivity contribution < 1.29 is 23.9 Å². The molecule has 1 atom stereocenters. The number of carbonyl (C=O) groups is 3. The van der Waals surface area contributed by atoms with Gasteiger partial charge in [0.1, 0.15) is 6.04 Å². The van der Waals surface area contributed by atoms with E-state index in [9.17, 15) is 23.9 Å². The first kappa shape index (κ1) is 21.6. The molecule has 0 radical (unpaired) electrons. The van der Waals surface area contributed by atoms with Crippen LogP contribution in [0.1, 0.15) is 18.9 Å². The predicted molar refractivity (Wildman–Crippen MR) is 111 cm³/mol. The zero-order valence-electron chi connectivity index (χ0n) is 16.1. The lowest BCUT2D eigenvalue weighted by Gasteiger charge is -2.19. The van der Waals surface area contributed by atoms with Gasteiger partial charge in [0.15, 0.2) is 11.6 Å². The van der Waals surface area contributed by atoms with Crippen molar-refractivity contribution >= 4 is 39.6 Å². The Morgan fingerprint density at radius 1 is 1.20 bits per heavy atom. The van der Waals surface area contributed by atoms with Gasteiger partial charge in [-0.05, 0) is 61.7 Å². The van der Waals surface area contributed by atoms with Gasteiger partial charge in [0.05, 0.1) is 0 Å². The van der Waals surface area contributed by atoms with Crippen molar-refractivity contribution in [2.24, 2.45) is 0 Å². The second kappa shape index (κ2) is 9.12. The molecule has 5 amide bonds. The number of phenolic OH excluding ortho intramolecular Hbond substituents is 1. The van der Waals surface area contributed by atoms with E-state index in [1.54, 1.807) is 37.3 Å². The maximum Gasteiger partial charge on any atom is 0.346 e. The SMILES string of the molecule is CCN1C(=O)N(NC(=O)Nc2ccc(Br)cc2)C(=O)C1CCc1ccc(O)c(F)c1. The third kappa shape index (κ3) is 4.70. The number of nitrogens with zero attached hydrogens (tertiary/aromatic N) is 2. The van der Waals surface area contributed by atoms with Gasteiger partial charge in [0.25, 0.3) is 5.91 Å². The molecule has 0 bridgehead atoms. The molecule has 2 aromatic rings. The van der Waals surface area contributed by atoms with Crippen molar-refractivity contribution in [2.75, 3.05) is 11.9 Å². The molecule has 0 spiro atoms. The highest BCUT2D eigenvalue weighted by molar-refractivity contribution is 9.10. The van der Waals surface area contributed by atoms with Gasteiger partial charge in [-0.1, -0.05) is 22.0 Å². The molecule has 1 heterocycles. The Labute approximate surface area is 180 Å². The molecule has 0 aliphatic carbocycles. The van der Waals surface area contributed by atoms with Gasteiger partial charge in [-0.15, -0.1) is 0 Å². The maximum absolute atomic E-state index is 13.5. The van der Waals surface area contributed by atoms with Crippen molar-refractivity contribution in [1.82, 2.24) is 15.3 Å². The lowest BCUT2D eigenvalue weighted by atomic mass is 10.0. The number of aryl methyl sites for hydroxylation is 1. The zero-order chi connectivity index (χ0) is 21.8. The summed E-state index contributed by atoms with van der Waals surface area (Å²) in [6.45, 7) is 2.00. The number of phenols is 1. The van der Waals surface area contributed by atoms with Gasteiger partial charge in [-0.2, -0.15) is 5.01 Å². The van der Waals surface area contributed by atoms with E-state index in [-0.39, 0.29) is 13.0 Å². The van der Waals surface area contributed by atoms with E-state index < -0.39 is 35.6 Å². The average molecular weight is 479 g/mol. The molecule has 3 N–H and O–H groups in total. The molecule has 30 heavy (non-hydrogen) atoms. The van der Waals surface area contributed by atoms with Gasteiger partial charge in [0, 0.05) is 16.7 Å². The second-order valence-corrected chi connectivity index (χ2v) is 7.57. The molecule has 2 aromatic carbocycles. The summed E-state index contributed by atoms with van der Waals surface area (Å²) in [6.07, 6.45) is 0.561. The lowest BCUT2D eigenvalue weighted by molar-refractivity contribution is -0.129. The van der Waals surface area contributed by atoms with Crippen LogP contribution in [0.25, 0.3) is 0 Å². The molecule has 1 aliphatic heterocycles. The van der Waals surface area contributed by atoms with Crippen molar-refractivity contribution in [3.05, 3.63) is 58.3 Å². The summed E-state index contributed by atoms with van der Waals surface area (Å²) in [6, 6.07) is 8.64. The van der Waals surface area contributed by atoms with E-state index in [1.165, 1.54) is 17.0 Å². The van der Waals surface area contributed by atoms with Crippen LogP contribution in [0.5, 0.6) is 5.75 Å². The fourth-order valence-corrected chi connectivity index (χ4v) is 3.44. The van der Waals surface area contributed by atoms with Crippen LogP contribution >= 0.6 is 15.9 Å². The third-order valence-electron chi connectivity index (χ3n) is 4.69. The number of likely N-dealkylation sites (N-methyl/N-ethyl adjacent to an activating group) is 1. The van der Waals surface area contributed by atoms with Crippen molar-refractivity contribution in [3.8, 4) is 5.75 Å². The van der Waals surface area contributed by atoms with Crippen LogP contribution in [0.15, 0.2) is 46.9 Å². The van der Waals surface area contributed by atoms with Crippen LogP contribution in [0.2, 0.25) is 0 Å². The normalized spacial score (nSPS) is 16.2. The van der Waals surface area contributed by atoms with Gasteiger partial charge in [-0.25, -0.2) is 19.4 Å². The number of nitrogens with one attached hydrogen (secondary N) is 2. The van der Waals surface area contributed by atoms with E-state index in [2.05, 4.69) is 26.7 Å². The fourth-order valence-electron chi connectivity index (χ4n) is 3.18. The third-order valence-corrected chi connectivity index (χ3v) is 5.22. The Morgan fingerprint density at radius 2 is 1.90 bits per heavy atom. The van der Waals surface area contributed by atoms with Crippen molar-refractivity contribution in [2.45, 2.75) is 25.8 Å². The Kier molecular flexibility index (Phi) is 6.56. The van der Waals surface area contributed by atoms with E-state index in [4.69, 9.17) is 0 Å². The first-order valence-corrected chi connectivity index (χ1v) is 10.0. The summed E-state index contributed by atoms with van der Waals surface area (Å²) in [5, 5.41) is 12.5. The summed E-state index contributed by atoms with van der Waals surface area (Å²) in [5.41, 5.74) is 3.37. The quantitative estimate of drug-likeness (QED) is 0.551. The minimum atomic E-state index is -0.785. The highest BCUT2D eigenvalue weighted by atomic mass is 79.9. The van der Waals surface area contributed by atoms with Crippen LogP contribution in [0, 0.1) is 5.82 Å². The number of halogens is 2. The van der Waals surface area contributed by atoms with Crippen LogP contribution in [-0.4, -0.2) is 45.6 Å². The number of carbonyl (C=O) groups excluding carboxylic acids is 3. The van der Waals surface area contributed by atoms with Gasteiger partial charge >= 0.3 is 12.1 Å². The number of amides is 5. The molecule has 10 heteroatoms. The number of hydrogen-bond acceptors (Lipinski definition) is 4. The van der Waals surface area contributed by atoms with Gasteiger partial charge in [0.2, 0.25) is 0 Å². The monoisotopic (exact) mass is 478 g/mol. The number of hydrazine groups is 1. The lowest BCUT2D eigenvalue weighted by Crippen LogP contribution is -2.48. The number of aromatic hydroxyl groups is 1. The van der Waals surface area contributed by atoms with E-state index in [0.717, 1.165) is 4.47 Å². The van der Waals surface area contributed by atoms with E-state index in [1.807, 2.05) is 0 Å². The minimum absolute atomic E-state index is 0.245. The number of rotatable bonds is 6. The fraction of sp³-hybridized carbons (Fsp3) is 0.250. The van der Waals surface area contributed by atoms with Gasteiger partial charge < -0.3 is 15.3 Å². The average Bonchev–Trinajstić information content (AvgIpc) is 2.94. The highest BCUT2D eigenvalue weighted by Gasteiger charge is 2.45. The molecule has 0 aromatic heterocycles. The first-order valence-electron chi connectivity index (χ1n) is 9.25. The zero-order valence-corrected chi connectivity index (χ0v) is 17.6. The number of hydrogen-bond donors (Lipinski definition) is 3. The minimum Gasteiger partial charge on any atom is -0.505 e. The second-order valence-electron chi connectivity index (χ2n) is 6.66. The number of benzene rings is 2. The van der Waals surface area contributed by atoms with Crippen LogP contribution in [0.3, 0.4) is 0 Å². The molecule has 1 fully saturated rings. The number of anilines is 1. The van der Waals surface area contributed by atoms with Crippen molar-refractivity contribution in [3.63, 3.8) is 0 Å². The molecule has 0 saturated carbocycles. The Bertz CT molecular complexity index is 970. The highest BCUT2D eigenvalue weighted by Crippen LogP contribution is 2.23. The first-order chi connectivity index (χ1) is 14.3. The van der Waals surface area contributed by atoms with E-state index >= 15 is 0 Å². The summed E-state index contributed by atoms with van der Waals surface area (Å²) in [7, 11) is 0. The largest absolute Gasteiger partial charge is 0.505 e. The molecule has 1 unspecified atom stereocenters. The molecule has 1 aliphatic rings. The summed E-state index contributed by atoms with van der Waals surface area (Å²) < 4.78 is 14.4. The van der Waals surface area contributed by atoms with E-state index in [0.29, 0.717) is 22.7 Å². The van der Waals surface area contributed by atoms with Crippen LogP contribution < -0.4 is 10.7 Å². The Morgan fingerprint density at radius 3 is 2.53 bits per heavy atom. The van der Waals surface area contributed by atoms with Crippen molar-refractivity contribution in [1.29, 1.82) is 0 Å². The molecule has 8 nitrogen and oxygen atoms in total. The summed E-state index contributed by atoms with van der Waals surface area (Å²) >= 11 is 3.29. The van der Waals surface area contributed by atoms with Crippen LogP contribution in [0.4, 0.5) is 19.7 Å². The van der Waals surface area contributed by atoms with Gasteiger partial charge in [-0.3, -0.25) is 4.79 Å². The molecule has 1 saturated heterocycles. The Hall–Kier alpha value is -3.14. The molecule has 3 rings (SSSR count). The van der Waals surface area contributed by atoms with Crippen LogP contribution in [-0.2, 0) is 11.2 Å². The summed E-state index contributed by atoms with van der Waals surface area (Å²) in [4.78, 5) is 38.9. The molecular weight excluding hydrogens is 459 g/mol. The maximum atomic E-state index is 13.5. The summed E-state index contributed by atoms with van der Waals surface area (Å²) in [5.74, 6) is -1.76.